The zero-order chi connectivity index (χ0) is 12.4. The van der Waals surface area contributed by atoms with Gasteiger partial charge in [0.15, 0.2) is 0 Å². The molecule has 1 aromatic rings. The Bertz CT molecular complexity index is 433. The summed E-state index contributed by atoms with van der Waals surface area (Å²) in [6, 6.07) is 5.98. The van der Waals surface area contributed by atoms with E-state index < -0.39 is 0 Å². The number of amides is 1. The van der Waals surface area contributed by atoms with Gasteiger partial charge in [-0.2, -0.15) is 0 Å². The lowest BCUT2D eigenvalue weighted by Crippen LogP contribution is -2.36. The summed E-state index contributed by atoms with van der Waals surface area (Å²) in [4.78, 5) is 12.2. The van der Waals surface area contributed by atoms with Gasteiger partial charge in [0.05, 0.1) is 5.56 Å². The molecule has 2 unspecified atom stereocenters. The molecule has 0 saturated heterocycles. The van der Waals surface area contributed by atoms with E-state index in [1.54, 1.807) is 0 Å². The van der Waals surface area contributed by atoms with Crippen molar-refractivity contribution >= 4 is 37.8 Å². The highest BCUT2D eigenvalue weighted by Crippen LogP contribution is 2.26. The van der Waals surface area contributed by atoms with Crippen molar-refractivity contribution in [3.8, 4) is 0 Å². The van der Waals surface area contributed by atoms with Crippen LogP contribution in [0.3, 0.4) is 0 Å². The Balaban J connectivity index is 2.11. The third-order valence-electron chi connectivity index (χ3n) is 3.35. The molecule has 0 bridgehead atoms. The van der Waals surface area contributed by atoms with Crippen LogP contribution < -0.4 is 5.32 Å². The standard InChI is InChI=1S/C13H15Br2NO/c1-8-3-2-4-12(8)16-13(17)10-7-9(14)5-6-11(10)15/h5-8,12H,2-4H2,1H3,(H,16,17). The summed E-state index contributed by atoms with van der Waals surface area (Å²) < 4.78 is 1.76. The molecule has 1 N–H and O–H groups in total. The fraction of sp³-hybridized carbons (Fsp3) is 0.462. The molecule has 17 heavy (non-hydrogen) atoms. The summed E-state index contributed by atoms with van der Waals surface area (Å²) in [6.07, 6.45) is 3.52. The predicted molar refractivity (Wildman–Crippen MR) is 76.1 cm³/mol. The first-order valence-electron chi connectivity index (χ1n) is 5.84. The maximum Gasteiger partial charge on any atom is 0.252 e. The molecule has 0 aliphatic heterocycles. The lowest BCUT2D eigenvalue weighted by Gasteiger charge is -2.17. The van der Waals surface area contributed by atoms with Gasteiger partial charge in [-0.1, -0.05) is 29.3 Å². The smallest absolute Gasteiger partial charge is 0.252 e. The molecule has 2 rings (SSSR count). The summed E-state index contributed by atoms with van der Waals surface area (Å²) in [6.45, 7) is 2.20. The lowest BCUT2D eigenvalue weighted by molar-refractivity contribution is 0.0929. The summed E-state index contributed by atoms with van der Waals surface area (Å²) >= 11 is 6.80. The van der Waals surface area contributed by atoms with Gasteiger partial charge in [-0.3, -0.25) is 4.79 Å². The maximum atomic E-state index is 12.2. The largest absolute Gasteiger partial charge is 0.349 e. The Kier molecular flexibility index (Phi) is 4.26. The molecule has 0 radical (unpaired) electrons. The molecule has 1 aliphatic carbocycles. The van der Waals surface area contributed by atoms with Crippen molar-refractivity contribution in [2.45, 2.75) is 32.2 Å². The summed E-state index contributed by atoms with van der Waals surface area (Å²) in [5.74, 6) is 0.599. The van der Waals surface area contributed by atoms with Crippen LogP contribution in [0.5, 0.6) is 0 Å². The van der Waals surface area contributed by atoms with E-state index in [-0.39, 0.29) is 5.91 Å². The highest BCUT2D eigenvalue weighted by atomic mass is 79.9. The van der Waals surface area contributed by atoms with E-state index in [2.05, 4.69) is 44.1 Å². The average Bonchev–Trinajstić information content (AvgIpc) is 2.68. The molecule has 1 saturated carbocycles. The number of hydrogen-bond donors (Lipinski definition) is 1. The molecule has 1 aromatic carbocycles. The Labute approximate surface area is 118 Å². The number of carbonyl (C=O) groups excluding carboxylic acids is 1. The monoisotopic (exact) mass is 359 g/mol. The van der Waals surface area contributed by atoms with Gasteiger partial charge in [-0.15, -0.1) is 0 Å². The zero-order valence-corrected chi connectivity index (χ0v) is 12.8. The van der Waals surface area contributed by atoms with Crippen molar-refractivity contribution in [2.24, 2.45) is 5.92 Å². The van der Waals surface area contributed by atoms with E-state index in [0.717, 1.165) is 15.4 Å². The van der Waals surface area contributed by atoms with E-state index in [1.165, 1.54) is 12.8 Å². The first kappa shape index (κ1) is 13.1. The van der Waals surface area contributed by atoms with Gasteiger partial charge in [0.2, 0.25) is 0 Å². The highest BCUT2D eigenvalue weighted by molar-refractivity contribution is 9.11. The highest BCUT2D eigenvalue weighted by Gasteiger charge is 2.25. The quantitative estimate of drug-likeness (QED) is 0.844. The van der Waals surface area contributed by atoms with Crippen LogP contribution >= 0.6 is 31.9 Å². The van der Waals surface area contributed by atoms with Crippen LogP contribution in [0.1, 0.15) is 36.5 Å². The van der Waals surface area contributed by atoms with E-state index in [0.29, 0.717) is 17.5 Å². The molecule has 2 atom stereocenters. The van der Waals surface area contributed by atoms with Crippen molar-refractivity contribution < 1.29 is 4.79 Å². The predicted octanol–water partition coefficient (Wildman–Crippen LogP) is 4.13. The lowest BCUT2D eigenvalue weighted by atomic mass is 10.1. The van der Waals surface area contributed by atoms with Crippen LogP contribution in [0.4, 0.5) is 0 Å². The second-order valence-corrected chi connectivity index (χ2v) is 6.38. The van der Waals surface area contributed by atoms with Crippen LogP contribution in [-0.2, 0) is 0 Å². The minimum absolute atomic E-state index is 0.0110. The van der Waals surface area contributed by atoms with E-state index in [9.17, 15) is 4.79 Å². The Hall–Kier alpha value is -0.350. The van der Waals surface area contributed by atoms with Crippen LogP contribution in [-0.4, -0.2) is 11.9 Å². The van der Waals surface area contributed by atoms with Gasteiger partial charge in [0.25, 0.3) is 5.91 Å². The first-order valence-corrected chi connectivity index (χ1v) is 7.42. The van der Waals surface area contributed by atoms with Gasteiger partial charge in [0, 0.05) is 15.0 Å². The van der Waals surface area contributed by atoms with Crippen LogP contribution in [0.15, 0.2) is 27.1 Å². The van der Waals surface area contributed by atoms with Crippen LogP contribution in [0, 0.1) is 5.92 Å². The molecule has 0 heterocycles. The molecule has 2 nitrogen and oxygen atoms in total. The molecule has 1 aliphatic rings. The number of carbonyl (C=O) groups is 1. The first-order chi connectivity index (χ1) is 8.08. The third kappa shape index (κ3) is 3.10. The minimum atomic E-state index is 0.0110. The fourth-order valence-electron chi connectivity index (χ4n) is 2.28. The summed E-state index contributed by atoms with van der Waals surface area (Å²) in [5.41, 5.74) is 0.693. The van der Waals surface area contributed by atoms with Gasteiger partial charge in [-0.05, 0) is 52.9 Å². The Morgan fingerprint density at radius 3 is 2.76 bits per heavy atom. The van der Waals surface area contributed by atoms with Gasteiger partial charge < -0.3 is 5.32 Å². The fourth-order valence-corrected chi connectivity index (χ4v) is 3.07. The van der Waals surface area contributed by atoms with Gasteiger partial charge in [-0.25, -0.2) is 0 Å². The van der Waals surface area contributed by atoms with Crippen molar-refractivity contribution in [2.75, 3.05) is 0 Å². The molecule has 92 valence electrons. The third-order valence-corrected chi connectivity index (χ3v) is 4.54. The van der Waals surface area contributed by atoms with E-state index >= 15 is 0 Å². The van der Waals surface area contributed by atoms with E-state index in [4.69, 9.17) is 0 Å². The topological polar surface area (TPSA) is 29.1 Å². The molecular weight excluding hydrogens is 346 g/mol. The number of rotatable bonds is 2. The van der Waals surface area contributed by atoms with Crippen molar-refractivity contribution in [1.29, 1.82) is 0 Å². The van der Waals surface area contributed by atoms with Gasteiger partial charge >= 0.3 is 0 Å². The zero-order valence-electron chi connectivity index (χ0n) is 9.67. The molecule has 4 heteroatoms. The number of nitrogens with one attached hydrogen (secondary N) is 1. The van der Waals surface area contributed by atoms with Crippen molar-refractivity contribution in [1.82, 2.24) is 5.32 Å². The van der Waals surface area contributed by atoms with Crippen molar-refractivity contribution in [3.05, 3.63) is 32.7 Å². The second-order valence-electron chi connectivity index (χ2n) is 4.61. The molecule has 1 fully saturated rings. The molecule has 1 amide bonds. The summed E-state index contributed by atoms with van der Waals surface area (Å²) in [7, 11) is 0. The SMILES string of the molecule is CC1CCCC1NC(=O)c1cc(Br)ccc1Br. The Morgan fingerprint density at radius 1 is 1.35 bits per heavy atom. The minimum Gasteiger partial charge on any atom is -0.349 e. The number of halogens is 2. The number of hydrogen-bond acceptors (Lipinski definition) is 1. The van der Waals surface area contributed by atoms with Crippen molar-refractivity contribution in [3.63, 3.8) is 0 Å². The van der Waals surface area contributed by atoms with Crippen LogP contribution in [0.2, 0.25) is 0 Å². The average molecular weight is 361 g/mol. The second kappa shape index (κ2) is 5.53. The van der Waals surface area contributed by atoms with Crippen LogP contribution in [0.25, 0.3) is 0 Å². The molecule has 0 spiro atoms. The van der Waals surface area contributed by atoms with E-state index in [1.807, 2.05) is 18.2 Å². The maximum absolute atomic E-state index is 12.2. The molecule has 0 aromatic heterocycles. The summed E-state index contributed by atoms with van der Waals surface area (Å²) in [5, 5.41) is 3.12. The van der Waals surface area contributed by atoms with Gasteiger partial charge in [0.1, 0.15) is 0 Å². The Morgan fingerprint density at radius 2 is 2.12 bits per heavy atom. The molecular formula is C13H15Br2NO. The normalized spacial score (nSPS) is 23.7. The number of benzene rings is 1.